The van der Waals surface area contributed by atoms with Crippen LogP contribution in [0.15, 0.2) is 109 Å². The highest BCUT2D eigenvalue weighted by Crippen LogP contribution is 2.12. The van der Waals surface area contributed by atoms with Gasteiger partial charge in [0.1, 0.15) is 13.2 Å². The van der Waals surface area contributed by atoms with Crippen LogP contribution in [0, 0.1) is 0 Å². The number of allylic oxidation sites excluding steroid dienone is 18. The number of esters is 3. The Kier molecular flexibility index (Phi) is 46.6. The molecule has 0 aromatic rings. The molecular formula is C56H90O6. The van der Waals surface area contributed by atoms with Gasteiger partial charge in [0.2, 0.25) is 0 Å². The molecular weight excluding hydrogens is 769 g/mol. The fourth-order valence-electron chi connectivity index (χ4n) is 6.31. The lowest BCUT2D eigenvalue weighted by atomic mass is 10.1. The summed E-state index contributed by atoms with van der Waals surface area (Å²) in [5, 5.41) is 0. The van der Waals surface area contributed by atoms with Gasteiger partial charge in [0.25, 0.3) is 0 Å². The van der Waals surface area contributed by atoms with Crippen LogP contribution in [0.2, 0.25) is 0 Å². The fourth-order valence-corrected chi connectivity index (χ4v) is 6.31. The predicted molar refractivity (Wildman–Crippen MR) is 265 cm³/mol. The van der Waals surface area contributed by atoms with Gasteiger partial charge in [-0.2, -0.15) is 0 Å². The molecule has 350 valence electrons. The second-order valence-electron chi connectivity index (χ2n) is 16.0. The van der Waals surface area contributed by atoms with Crippen LogP contribution >= 0.6 is 0 Å². The summed E-state index contributed by atoms with van der Waals surface area (Å²) in [5.41, 5.74) is 0. The van der Waals surface area contributed by atoms with Crippen molar-refractivity contribution in [3.05, 3.63) is 109 Å². The summed E-state index contributed by atoms with van der Waals surface area (Å²) in [5.74, 6) is -1.02. The number of hydrogen-bond acceptors (Lipinski definition) is 6. The predicted octanol–water partition coefficient (Wildman–Crippen LogP) is 16.4. The van der Waals surface area contributed by atoms with Crippen molar-refractivity contribution in [2.45, 2.75) is 213 Å². The minimum Gasteiger partial charge on any atom is -0.462 e. The molecule has 0 aromatic carbocycles. The van der Waals surface area contributed by atoms with Gasteiger partial charge in [0.15, 0.2) is 6.10 Å². The SMILES string of the molecule is CC/C=C\C/C=C\C/C=C\C/C=C\C/C=C\CCCC(=O)OCC(COC(=O)CCCCC/C=C\C/C=C\C/C=C\CC)OC(=O)CCCCCCC/C=C\CCCCCCC. The summed E-state index contributed by atoms with van der Waals surface area (Å²) < 4.78 is 16.7. The summed E-state index contributed by atoms with van der Waals surface area (Å²) in [7, 11) is 0. The van der Waals surface area contributed by atoms with Crippen LogP contribution in [0.4, 0.5) is 0 Å². The maximum atomic E-state index is 12.8. The van der Waals surface area contributed by atoms with E-state index < -0.39 is 6.10 Å². The highest BCUT2D eigenvalue weighted by Gasteiger charge is 2.19. The smallest absolute Gasteiger partial charge is 0.306 e. The van der Waals surface area contributed by atoms with E-state index in [1.54, 1.807) is 0 Å². The molecule has 6 nitrogen and oxygen atoms in total. The van der Waals surface area contributed by atoms with E-state index in [1.807, 2.05) is 0 Å². The van der Waals surface area contributed by atoms with E-state index in [2.05, 4.69) is 130 Å². The highest BCUT2D eigenvalue weighted by atomic mass is 16.6. The van der Waals surface area contributed by atoms with E-state index >= 15 is 0 Å². The Bertz CT molecular complexity index is 1310. The van der Waals surface area contributed by atoms with E-state index in [-0.39, 0.29) is 37.5 Å². The first-order chi connectivity index (χ1) is 30.5. The standard InChI is InChI=1S/C56H90O6/c1-4-7-10-13-16-19-22-25-27-28-29-32-34-37-40-43-46-49-55(58)61-52-53(51-60-54(57)48-45-42-39-36-33-30-24-21-18-15-12-9-6-3)62-56(59)50-47-44-41-38-35-31-26-23-20-17-14-11-8-5-2/h7,9-10,12,16,18-19,21,23,25-27,29-30,32-33,37,40,53H,4-6,8,11,13-15,17,20,22,24,28,31,34-36,38-39,41-52H2,1-3H3/b10-7-,12-9-,19-16-,21-18-,26-23-,27-25-,32-29-,33-30-,40-37-. The van der Waals surface area contributed by atoms with E-state index in [9.17, 15) is 14.4 Å². The van der Waals surface area contributed by atoms with Crippen molar-refractivity contribution < 1.29 is 28.6 Å². The second-order valence-corrected chi connectivity index (χ2v) is 16.0. The lowest BCUT2D eigenvalue weighted by Crippen LogP contribution is -2.30. The Labute approximate surface area is 380 Å². The van der Waals surface area contributed by atoms with E-state index in [1.165, 1.54) is 44.9 Å². The molecule has 0 heterocycles. The molecule has 0 aliphatic heterocycles. The molecule has 0 saturated heterocycles. The Morgan fingerprint density at radius 2 is 0.645 bits per heavy atom. The molecule has 1 unspecified atom stereocenters. The first-order valence-corrected chi connectivity index (χ1v) is 24.9. The number of hydrogen-bond donors (Lipinski definition) is 0. The third-order valence-electron chi connectivity index (χ3n) is 9.99. The Morgan fingerprint density at radius 1 is 0.339 bits per heavy atom. The molecule has 0 aliphatic carbocycles. The Morgan fingerprint density at radius 3 is 1.08 bits per heavy atom. The molecule has 0 radical (unpaired) electrons. The zero-order valence-electron chi connectivity index (χ0n) is 39.8. The molecule has 0 saturated carbocycles. The number of unbranched alkanes of at least 4 members (excludes halogenated alkanes) is 14. The minimum absolute atomic E-state index is 0.116. The Balaban J connectivity index is 4.55. The van der Waals surface area contributed by atoms with Crippen molar-refractivity contribution in [2.75, 3.05) is 13.2 Å². The van der Waals surface area contributed by atoms with Crippen LogP contribution in [-0.4, -0.2) is 37.2 Å². The summed E-state index contributed by atoms with van der Waals surface area (Å²) in [6, 6.07) is 0. The maximum absolute atomic E-state index is 12.8. The zero-order chi connectivity index (χ0) is 45.1. The second kappa shape index (κ2) is 49.7. The van der Waals surface area contributed by atoms with Crippen molar-refractivity contribution >= 4 is 17.9 Å². The third kappa shape index (κ3) is 47.1. The van der Waals surface area contributed by atoms with E-state index in [4.69, 9.17) is 14.2 Å². The molecule has 0 spiro atoms. The largest absolute Gasteiger partial charge is 0.462 e. The summed E-state index contributed by atoms with van der Waals surface area (Å²) in [6.07, 6.45) is 66.5. The lowest BCUT2D eigenvalue weighted by molar-refractivity contribution is -0.167. The number of carbonyl (C=O) groups excluding carboxylic acids is 3. The Hall–Kier alpha value is -3.93. The average Bonchev–Trinajstić information content (AvgIpc) is 3.27. The molecule has 0 amide bonds. The van der Waals surface area contributed by atoms with Crippen molar-refractivity contribution in [1.29, 1.82) is 0 Å². The lowest BCUT2D eigenvalue weighted by Gasteiger charge is -2.18. The zero-order valence-corrected chi connectivity index (χ0v) is 39.8. The van der Waals surface area contributed by atoms with E-state index in [0.717, 1.165) is 116 Å². The molecule has 62 heavy (non-hydrogen) atoms. The number of rotatable bonds is 43. The van der Waals surface area contributed by atoms with Gasteiger partial charge in [0, 0.05) is 19.3 Å². The van der Waals surface area contributed by atoms with Gasteiger partial charge < -0.3 is 14.2 Å². The molecule has 0 aliphatic rings. The topological polar surface area (TPSA) is 78.9 Å². The monoisotopic (exact) mass is 859 g/mol. The summed E-state index contributed by atoms with van der Waals surface area (Å²) in [4.78, 5) is 37.9. The van der Waals surface area contributed by atoms with Gasteiger partial charge >= 0.3 is 17.9 Å². The number of carbonyl (C=O) groups is 3. The normalized spacial score (nSPS) is 13.0. The highest BCUT2D eigenvalue weighted by molar-refractivity contribution is 5.71. The van der Waals surface area contributed by atoms with Crippen molar-refractivity contribution in [3.63, 3.8) is 0 Å². The van der Waals surface area contributed by atoms with E-state index in [0.29, 0.717) is 19.3 Å². The first kappa shape index (κ1) is 58.1. The van der Waals surface area contributed by atoms with Crippen LogP contribution in [0.3, 0.4) is 0 Å². The first-order valence-electron chi connectivity index (χ1n) is 24.9. The molecule has 0 N–H and O–H groups in total. The molecule has 0 bridgehead atoms. The summed E-state index contributed by atoms with van der Waals surface area (Å²) >= 11 is 0. The molecule has 0 fully saturated rings. The molecule has 6 heteroatoms. The van der Waals surface area contributed by atoms with Crippen LogP contribution in [0.25, 0.3) is 0 Å². The van der Waals surface area contributed by atoms with Gasteiger partial charge in [-0.25, -0.2) is 0 Å². The van der Waals surface area contributed by atoms with Gasteiger partial charge in [0.05, 0.1) is 0 Å². The molecule has 1 atom stereocenters. The van der Waals surface area contributed by atoms with Crippen molar-refractivity contribution in [1.82, 2.24) is 0 Å². The molecule has 0 aromatic heterocycles. The molecule has 0 rings (SSSR count). The van der Waals surface area contributed by atoms with Gasteiger partial charge in [-0.05, 0) is 116 Å². The van der Waals surface area contributed by atoms with Crippen LogP contribution in [-0.2, 0) is 28.6 Å². The van der Waals surface area contributed by atoms with Crippen molar-refractivity contribution in [2.24, 2.45) is 0 Å². The summed E-state index contributed by atoms with van der Waals surface area (Å²) in [6.45, 7) is 6.30. The fraction of sp³-hybridized carbons (Fsp3) is 0.625. The third-order valence-corrected chi connectivity index (χ3v) is 9.99. The number of ether oxygens (including phenoxy) is 3. The van der Waals surface area contributed by atoms with Crippen molar-refractivity contribution in [3.8, 4) is 0 Å². The van der Waals surface area contributed by atoms with Crippen LogP contribution < -0.4 is 0 Å². The van der Waals surface area contributed by atoms with Crippen LogP contribution in [0.1, 0.15) is 207 Å². The average molecular weight is 859 g/mol. The van der Waals surface area contributed by atoms with Gasteiger partial charge in [-0.1, -0.05) is 182 Å². The minimum atomic E-state index is -0.818. The maximum Gasteiger partial charge on any atom is 0.306 e. The van der Waals surface area contributed by atoms with Crippen LogP contribution in [0.5, 0.6) is 0 Å². The van der Waals surface area contributed by atoms with Gasteiger partial charge in [-0.3, -0.25) is 14.4 Å². The quantitative estimate of drug-likeness (QED) is 0.0263. The van der Waals surface area contributed by atoms with Gasteiger partial charge in [-0.15, -0.1) is 0 Å².